The van der Waals surface area contributed by atoms with E-state index in [0.717, 1.165) is 18.8 Å². The van der Waals surface area contributed by atoms with Crippen LogP contribution >= 0.6 is 23.8 Å². The monoisotopic (exact) mass is 377 g/mol. The molecular weight excluding hydrogens is 361 g/mol. The summed E-state index contributed by atoms with van der Waals surface area (Å²) in [7, 11) is 0. The smallest absolute Gasteiger partial charge is 0.260 e. The number of hydrogen-bond acceptors (Lipinski definition) is 3. The Hall–Kier alpha value is -2.18. The van der Waals surface area contributed by atoms with Gasteiger partial charge in [0.1, 0.15) is 5.82 Å². The normalized spacial score (nSPS) is 13.6. The van der Waals surface area contributed by atoms with E-state index < -0.39 is 11.7 Å². The summed E-state index contributed by atoms with van der Waals surface area (Å²) in [5.41, 5.74) is 1.59. The lowest BCUT2D eigenvalue weighted by Crippen LogP contribution is -2.34. The Kier molecular flexibility index (Phi) is 5.50. The van der Waals surface area contributed by atoms with Crippen LogP contribution in [0, 0.1) is 5.82 Å². The Labute approximate surface area is 156 Å². The van der Waals surface area contributed by atoms with E-state index in [1.807, 2.05) is 12.1 Å². The van der Waals surface area contributed by atoms with Crippen molar-refractivity contribution in [3.63, 3.8) is 0 Å². The van der Waals surface area contributed by atoms with Gasteiger partial charge in [0.25, 0.3) is 5.91 Å². The van der Waals surface area contributed by atoms with Gasteiger partial charge >= 0.3 is 0 Å². The van der Waals surface area contributed by atoms with Gasteiger partial charge in [-0.05, 0) is 55.4 Å². The Balaban J connectivity index is 1.64. The minimum Gasteiger partial charge on any atom is -0.370 e. The first-order valence-corrected chi connectivity index (χ1v) is 8.74. The van der Waals surface area contributed by atoms with Gasteiger partial charge in [-0.3, -0.25) is 10.1 Å². The van der Waals surface area contributed by atoms with Crippen LogP contribution < -0.4 is 15.5 Å². The Morgan fingerprint density at radius 3 is 2.56 bits per heavy atom. The molecule has 3 rings (SSSR count). The Bertz CT molecular complexity index is 809. The van der Waals surface area contributed by atoms with Gasteiger partial charge in [-0.1, -0.05) is 23.7 Å². The number of nitrogens with zero attached hydrogens (tertiary/aromatic N) is 1. The molecule has 25 heavy (non-hydrogen) atoms. The van der Waals surface area contributed by atoms with Crippen molar-refractivity contribution in [2.24, 2.45) is 0 Å². The number of halogens is 2. The molecule has 1 fully saturated rings. The zero-order chi connectivity index (χ0) is 17.8. The molecular formula is C18H17ClFN3OS. The van der Waals surface area contributed by atoms with Crippen LogP contribution in [0.4, 0.5) is 15.8 Å². The average molecular weight is 378 g/mol. The van der Waals surface area contributed by atoms with E-state index >= 15 is 0 Å². The maximum absolute atomic E-state index is 13.6. The third-order valence-electron chi connectivity index (χ3n) is 4.00. The van der Waals surface area contributed by atoms with Crippen LogP contribution in [-0.2, 0) is 0 Å². The quantitative estimate of drug-likeness (QED) is 0.786. The number of carbonyl (C=O) groups is 1. The van der Waals surface area contributed by atoms with Crippen LogP contribution in [-0.4, -0.2) is 24.1 Å². The first-order chi connectivity index (χ1) is 12.0. The molecule has 4 nitrogen and oxygen atoms in total. The molecule has 2 aromatic carbocycles. The second-order valence-electron chi connectivity index (χ2n) is 5.75. The Morgan fingerprint density at radius 2 is 1.88 bits per heavy atom. The van der Waals surface area contributed by atoms with Crippen LogP contribution in [0.15, 0.2) is 42.5 Å². The lowest BCUT2D eigenvalue weighted by Gasteiger charge is -2.20. The fourth-order valence-corrected chi connectivity index (χ4v) is 3.29. The molecule has 2 N–H and O–H groups in total. The zero-order valence-corrected chi connectivity index (χ0v) is 15.0. The van der Waals surface area contributed by atoms with Crippen molar-refractivity contribution in [3.8, 4) is 0 Å². The molecule has 7 heteroatoms. The van der Waals surface area contributed by atoms with Crippen molar-refractivity contribution in [3.05, 3.63) is 58.9 Å². The van der Waals surface area contributed by atoms with Crippen molar-refractivity contribution < 1.29 is 9.18 Å². The molecule has 2 aromatic rings. The van der Waals surface area contributed by atoms with Gasteiger partial charge in [0.15, 0.2) is 5.11 Å². The molecule has 0 radical (unpaired) electrons. The third-order valence-corrected chi connectivity index (χ3v) is 4.50. The molecule has 0 unspecified atom stereocenters. The number of carbonyl (C=O) groups excluding carboxylic acids is 1. The molecule has 1 aliphatic rings. The van der Waals surface area contributed by atoms with Crippen LogP contribution in [0.5, 0.6) is 0 Å². The lowest BCUT2D eigenvalue weighted by atomic mass is 10.2. The highest BCUT2D eigenvalue weighted by molar-refractivity contribution is 7.80. The van der Waals surface area contributed by atoms with Crippen LogP contribution in [0.1, 0.15) is 23.2 Å². The summed E-state index contributed by atoms with van der Waals surface area (Å²) in [6.07, 6.45) is 2.34. The highest BCUT2D eigenvalue weighted by Gasteiger charge is 2.16. The summed E-state index contributed by atoms with van der Waals surface area (Å²) in [5.74, 6) is -1.20. The van der Waals surface area contributed by atoms with Crippen molar-refractivity contribution >= 4 is 46.2 Å². The number of thiocarbonyl (C=S) groups is 1. The van der Waals surface area contributed by atoms with Crippen molar-refractivity contribution in [1.82, 2.24) is 5.32 Å². The van der Waals surface area contributed by atoms with Crippen LogP contribution in [0.3, 0.4) is 0 Å². The topological polar surface area (TPSA) is 44.4 Å². The minimum absolute atomic E-state index is 0.0611. The molecule has 130 valence electrons. The highest BCUT2D eigenvalue weighted by Crippen LogP contribution is 2.31. The van der Waals surface area contributed by atoms with E-state index in [1.165, 1.54) is 31.0 Å². The Morgan fingerprint density at radius 1 is 1.16 bits per heavy atom. The van der Waals surface area contributed by atoms with E-state index in [4.69, 9.17) is 23.8 Å². The maximum Gasteiger partial charge on any atom is 0.260 e. The van der Waals surface area contributed by atoms with Gasteiger partial charge in [-0.2, -0.15) is 0 Å². The van der Waals surface area contributed by atoms with Crippen LogP contribution in [0.2, 0.25) is 5.02 Å². The maximum atomic E-state index is 13.6. The summed E-state index contributed by atoms with van der Waals surface area (Å²) in [5, 5.41) is 6.06. The largest absolute Gasteiger partial charge is 0.370 e. The van der Waals surface area contributed by atoms with E-state index in [2.05, 4.69) is 15.5 Å². The SMILES string of the molecule is O=C(NC(=S)Nc1ccc(N2CCCC2)c(Cl)c1)c1ccccc1F. The number of amides is 1. The molecule has 0 bridgehead atoms. The van der Waals surface area contributed by atoms with Gasteiger partial charge in [0, 0.05) is 18.8 Å². The lowest BCUT2D eigenvalue weighted by molar-refractivity contribution is 0.0974. The predicted molar refractivity (Wildman–Crippen MR) is 103 cm³/mol. The molecule has 0 saturated carbocycles. The minimum atomic E-state index is -0.601. The van der Waals surface area contributed by atoms with Gasteiger partial charge in [-0.15, -0.1) is 0 Å². The molecule has 1 amide bonds. The highest BCUT2D eigenvalue weighted by atomic mass is 35.5. The van der Waals surface area contributed by atoms with Crippen LogP contribution in [0.25, 0.3) is 0 Å². The second-order valence-corrected chi connectivity index (χ2v) is 6.56. The van der Waals surface area contributed by atoms with Gasteiger partial charge < -0.3 is 10.2 Å². The molecule has 1 aliphatic heterocycles. The van der Waals surface area contributed by atoms with Crippen molar-refractivity contribution in [1.29, 1.82) is 0 Å². The van der Waals surface area contributed by atoms with Gasteiger partial charge in [0.2, 0.25) is 0 Å². The number of anilines is 2. The number of hydrogen-bond donors (Lipinski definition) is 2. The predicted octanol–water partition coefficient (Wildman–Crippen LogP) is 4.21. The zero-order valence-electron chi connectivity index (χ0n) is 13.4. The van der Waals surface area contributed by atoms with E-state index in [-0.39, 0.29) is 10.7 Å². The van der Waals surface area contributed by atoms with Crippen molar-refractivity contribution in [2.45, 2.75) is 12.8 Å². The summed E-state index contributed by atoms with van der Waals surface area (Å²) >= 11 is 11.5. The molecule has 0 aromatic heterocycles. The first kappa shape index (κ1) is 17.6. The summed E-state index contributed by atoms with van der Waals surface area (Å²) in [6, 6.07) is 11.3. The second kappa shape index (κ2) is 7.80. The molecule has 0 aliphatic carbocycles. The molecule has 1 saturated heterocycles. The standard InChI is InChI=1S/C18H17ClFN3OS/c19-14-11-12(7-8-16(14)23-9-3-4-10-23)21-18(25)22-17(24)13-5-1-2-6-15(13)20/h1-2,5-8,11H,3-4,9-10H2,(H2,21,22,24,25). The van der Waals surface area contributed by atoms with E-state index in [0.29, 0.717) is 10.7 Å². The van der Waals surface area contributed by atoms with Crippen molar-refractivity contribution in [2.75, 3.05) is 23.3 Å². The first-order valence-electron chi connectivity index (χ1n) is 7.96. The third kappa shape index (κ3) is 4.27. The molecule has 0 atom stereocenters. The number of benzene rings is 2. The van der Waals surface area contributed by atoms with Gasteiger partial charge in [-0.25, -0.2) is 4.39 Å². The fraction of sp³-hybridized carbons (Fsp3) is 0.222. The number of rotatable bonds is 3. The van der Waals surface area contributed by atoms with Gasteiger partial charge in [0.05, 0.1) is 16.3 Å². The molecule has 0 spiro atoms. The molecule has 1 heterocycles. The fourth-order valence-electron chi connectivity index (χ4n) is 2.78. The summed E-state index contributed by atoms with van der Waals surface area (Å²) in [4.78, 5) is 14.3. The number of nitrogens with one attached hydrogen (secondary N) is 2. The summed E-state index contributed by atoms with van der Waals surface area (Å²) in [6.45, 7) is 2.01. The average Bonchev–Trinajstić information content (AvgIpc) is 3.09. The summed E-state index contributed by atoms with van der Waals surface area (Å²) < 4.78 is 13.6. The van der Waals surface area contributed by atoms with E-state index in [1.54, 1.807) is 12.1 Å². The van der Waals surface area contributed by atoms with E-state index in [9.17, 15) is 9.18 Å².